The average Bonchev–Trinajstić information content (AvgIpc) is 3.72. The van der Waals surface area contributed by atoms with E-state index in [1.807, 2.05) is 12.1 Å². The summed E-state index contributed by atoms with van der Waals surface area (Å²) in [7, 11) is 0. The van der Waals surface area contributed by atoms with Crippen LogP contribution in [-0.4, -0.2) is 0 Å². The third kappa shape index (κ3) is 5.71. The summed E-state index contributed by atoms with van der Waals surface area (Å²) in [5.74, 6) is -1.08. The third-order valence-electron chi connectivity index (χ3n) is 9.32. The summed E-state index contributed by atoms with van der Waals surface area (Å²) in [6, 6.07) is 31.1. The maximum Gasteiger partial charge on any atom is 0.203 e. The first-order valence-electron chi connectivity index (χ1n) is 16.3. The molecule has 0 unspecified atom stereocenters. The van der Waals surface area contributed by atoms with E-state index in [1.54, 1.807) is 12.1 Å². The molecule has 56 heavy (non-hydrogen) atoms. The van der Waals surface area contributed by atoms with Gasteiger partial charge in [0.05, 0.1) is 60.7 Å². The Kier molecular flexibility index (Phi) is 8.88. The van der Waals surface area contributed by atoms with E-state index >= 15 is 0 Å². The first-order chi connectivity index (χ1) is 27.2. The standard InChI is InChI=1S/C46H16F2N8/c1-53-33-16-29(17-34(18-33)54-2)39(23-51)43-37-20-36-35(19-38(37)46(56-4)42(43)28-7-11-32(48)12-8-28)40(24-52)41(27-5-9-31(47)10-6-27)44(36)45(55-3)30-14-25(21-49)13-26(15-30)22-50/h5-20H/b43-39-,45-44+. The number of hydrogen-bond donors (Lipinski definition) is 0. The van der Waals surface area contributed by atoms with E-state index in [-0.39, 0.29) is 78.5 Å². The van der Waals surface area contributed by atoms with Crippen molar-refractivity contribution in [3.8, 4) is 24.3 Å². The highest BCUT2D eigenvalue weighted by atomic mass is 19.1. The fourth-order valence-electron chi connectivity index (χ4n) is 7.03. The first kappa shape index (κ1) is 35.3. The zero-order valence-corrected chi connectivity index (χ0v) is 28.6. The highest BCUT2D eigenvalue weighted by Gasteiger charge is 2.37. The molecule has 0 radical (unpaired) electrons. The Morgan fingerprint density at radius 1 is 0.518 bits per heavy atom. The molecular formula is C46H16F2N8. The van der Waals surface area contributed by atoms with Crippen molar-refractivity contribution in [3.05, 3.63) is 210 Å². The fraction of sp³-hybridized carbons (Fsp3) is 0. The second kappa shape index (κ2) is 14.1. The number of allylic oxidation sites excluding steroid dienone is 6. The van der Waals surface area contributed by atoms with Gasteiger partial charge in [0, 0.05) is 0 Å². The van der Waals surface area contributed by atoms with Gasteiger partial charge in [-0.05, 0) is 115 Å². The van der Waals surface area contributed by atoms with E-state index in [2.05, 4.69) is 31.5 Å². The van der Waals surface area contributed by atoms with Crippen molar-refractivity contribution in [1.29, 1.82) is 21.0 Å². The van der Waals surface area contributed by atoms with Crippen LogP contribution in [0.15, 0.2) is 97.1 Å². The van der Waals surface area contributed by atoms with Crippen molar-refractivity contribution in [2.24, 2.45) is 0 Å². The second-order valence-corrected chi connectivity index (χ2v) is 12.3. The van der Waals surface area contributed by atoms with Crippen LogP contribution >= 0.6 is 0 Å². The Morgan fingerprint density at radius 3 is 1.54 bits per heavy atom. The van der Waals surface area contributed by atoms with E-state index in [4.69, 9.17) is 26.3 Å². The van der Waals surface area contributed by atoms with E-state index in [0.29, 0.717) is 33.4 Å². The van der Waals surface area contributed by atoms with Crippen LogP contribution in [0.3, 0.4) is 0 Å². The van der Waals surface area contributed by atoms with Crippen molar-refractivity contribution >= 4 is 56.2 Å². The Bertz CT molecular complexity index is 2830. The molecule has 5 aromatic rings. The summed E-state index contributed by atoms with van der Waals surface area (Å²) in [6.45, 7) is 32.1. The number of benzene rings is 5. The third-order valence-corrected chi connectivity index (χ3v) is 9.32. The molecule has 2 aliphatic carbocycles. The lowest BCUT2D eigenvalue weighted by atomic mass is 9.87. The van der Waals surface area contributed by atoms with Crippen LogP contribution in [0.4, 0.5) is 20.2 Å². The van der Waals surface area contributed by atoms with Crippen molar-refractivity contribution in [2.45, 2.75) is 0 Å². The molecule has 0 heterocycles. The van der Waals surface area contributed by atoms with E-state index in [0.717, 1.165) is 0 Å². The van der Waals surface area contributed by atoms with E-state index < -0.39 is 11.6 Å². The van der Waals surface area contributed by atoms with Gasteiger partial charge in [-0.3, -0.25) is 0 Å². The highest BCUT2D eigenvalue weighted by Crippen LogP contribution is 2.56. The molecule has 254 valence electrons. The molecule has 0 spiro atoms. The van der Waals surface area contributed by atoms with Crippen molar-refractivity contribution < 1.29 is 8.78 Å². The van der Waals surface area contributed by atoms with Gasteiger partial charge >= 0.3 is 0 Å². The maximum absolute atomic E-state index is 14.3. The Morgan fingerprint density at radius 2 is 1.05 bits per heavy atom. The van der Waals surface area contributed by atoms with Gasteiger partial charge in [0.25, 0.3) is 0 Å². The number of rotatable bonds is 4. The molecule has 0 amide bonds. The van der Waals surface area contributed by atoms with Crippen molar-refractivity contribution in [2.75, 3.05) is 0 Å². The molecule has 2 aliphatic rings. The average molecular weight is 719 g/mol. The molecule has 0 aliphatic heterocycles. The minimum Gasteiger partial charge on any atom is -0.239 e. The SMILES string of the molecule is [C-]#[N+]C1=C(c2ccc(F)cc2)/C(=C(/C#N)c2cc([N+]#[C-])cc([N+]#[C-])c2)c2cc3c(cc21)C(C#N)=C(c1ccc(F)cc1)/C3=C(/[N+]#[C-])c1cc(C#N)cc(C#N)c1. The number of nitrogens with zero attached hydrogens (tertiary/aromatic N) is 8. The van der Waals surface area contributed by atoms with Crippen LogP contribution < -0.4 is 0 Å². The largest absolute Gasteiger partial charge is 0.239 e. The van der Waals surface area contributed by atoms with Crippen LogP contribution in [0.5, 0.6) is 0 Å². The summed E-state index contributed by atoms with van der Waals surface area (Å²) >= 11 is 0. The Hall–Kier alpha value is -9.16. The molecule has 0 bridgehead atoms. The number of halogens is 2. The summed E-state index contributed by atoms with van der Waals surface area (Å²) < 4.78 is 28.6. The second-order valence-electron chi connectivity index (χ2n) is 12.3. The van der Waals surface area contributed by atoms with E-state index in [1.165, 1.54) is 84.9 Å². The van der Waals surface area contributed by atoms with Crippen molar-refractivity contribution in [3.63, 3.8) is 0 Å². The van der Waals surface area contributed by atoms with Gasteiger partial charge in [0.2, 0.25) is 11.4 Å². The Balaban J connectivity index is 1.66. The molecule has 8 nitrogen and oxygen atoms in total. The Labute approximate surface area is 319 Å². The van der Waals surface area contributed by atoms with Crippen LogP contribution in [-0.2, 0) is 0 Å². The van der Waals surface area contributed by atoms with Crippen LogP contribution in [0.25, 0.3) is 64.2 Å². The molecule has 0 aromatic heterocycles. The smallest absolute Gasteiger partial charge is 0.203 e. The fourth-order valence-corrected chi connectivity index (χ4v) is 7.03. The lowest BCUT2D eigenvalue weighted by Gasteiger charge is -2.16. The van der Waals surface area contributed by atoms with Gasteiger partial charge in [0.15, 0.2) is 11.4 Å². The number of hydrogen-bond acceptors (Lipinski definition) is 4. The van der Waals surface area contributed by atoms with Gasteiger partial charge in [-0.2, -0.15) is 21.0 Å². The van der Waals surface area contributed by atoms with Crippen LogP contribution in [0, 0.1) is 83.2 Å². The van der Waals surface area contributed by atoms with Crippen LogP contribution in [0.2, 0.25) is 0 Å². The van der Waals surface area contributed by atoms with Gasteiger partial charge in [0.1, 0.15) is 23.8 Å². The normalized spacial score (nSPS) is 14.0. The molecule has 7 rings (SSSR count). The molecule has 5 aromatic carbocycles. The lowest BCUT2D eigenvalue weighted by molar-refractivity contribution is 0.627. The molecule has 10 heteroatoms. The zero-order chi connectivity index (χ0) is 39.7. The monoisotopic (exact) mass is 718 g/mol. The number of fused-ring (bicyclic) bond motifs is 2. The molecule has 0 saturated heterocycles. The predicted octanol–water partition coefficient (Wildman–Crippen LogP) is 11.3. The topological polar surface area (TPSA) is 113 Å². The van der Waals surface area contributed by atoms with Gasteiger partial charge in [-0.25, -0.2) is 28.2 Å². The summed E-state index contributed by atoms with van der Waals surface area (Å²) in [5, 5.41) is 41.2. The van der Waals surface area contributed by atoms with Crippen LogP contribution in [0.1, 0.15) is 55.6 Å². The van der Waals surface area contributed by atoms with Crippen molar-refractivity contribution in [1.82, 2.24) is 0 Å². The molecular weight excluding hydrogens is 703 g/mol. The first-order valence-corrected chi connectivity index (χ1v) is 16.3. The highest BCUT2D eigenvalue weighted by molar-refractivity contribution is 6.33. The number of nitriles is 4. The molecule has 0 fully saturated rings. The van der Waals surface area contributed by atoms with Gasteiger partial charge in [-0.1, -0.05) is 48.5 Å². The molecule has 0 atom stereocenters. The minimum absolute atomic E-state index is 0.00103. The summed E-state index contributed by atoms with van der Waals surface area (Å²) in [6.07, 6.45) is 0. The quantitative estimate of drug-likeness (QED) is 0.136. The van der Waals surface area contributed by atoms with Gasteiger partial charge in [-0.15, -0.1) is 0 Å². The maximum atomic E-state index is 14.3. The lowest BCUT2D eigenvalue weighted by Crippen LogP contribution is -1.97. The molecule has 0 saturated carbocycles. The molecule has 0 N–H and O–H groups in total. The van der Waals surface area contributed by atoms with Gasteiger partial charge < -0.3 is 0 Å². The summed E-state index contributed by atoms with van der Waals surface area (Å²) in [5.41, 5.74) is 4.08. The minimum atomic E-state index is -0.540. The van der Waals surface area contributed by atoms with E-state index in [9.17, 15) is 29.8 Å². The summed E-state index contributed by atoms with van der Waals surface area (Å²) in [4.78, 5) is 14.7. The zero-order valence-electron chi connectivity index (χ0n) is 28.6. The predicted molar refractivity (Wildman–Crippen MR) is 206 cm³/mol.